The Morgan fingerprint density at radius 1 is 1.43 bits per heavy atom. The minimum Gasteiger partial charge on any atom is -0.495 e. The highest BCUT2D eigenvalue weighted by Crippen LogP contribution is 2.28. The molecular weight excluding hydrogens is 316 g/mol. The lowest BCUT2D eigenvalue weighted by molar-refractivity contribution is -0.121. The summed E-state index contributed by atoms with van der Waals surface area (Å²) in [4.78, 5) is 11.6. The van der Waals surface area contributed by atoms with Crippen molar-refractivity contribution in [2.75, 3.05) is 20.7 Å². The number of likely N-dealkylation sites (N-methyl/N-ethyl adjacent to an activating group) is 1. The van der Waals surface area contributed by atoms with Gasteiger partial charge in [0, 0.05) is 18.1 Å². The molecule has 0 fully saturated rings. The van der Waals surface area contributed by atoms with Gasteiger partial charge >= 0.3 is 0 Å². The normalized spacial score (nSPS) is 11.8. The van der Waals surface area contributed by atoms with Crippen LogP contribution in [0.25, 0.3) is 0 Å². The Hall–Kier alpha value is -1.31. The maximum atomic E-state index is 12.5. The minimum atomic E-state index is -3.87. The molecule has 8 heteroatoms. The molecule has 21 heavy (non-hydrogen) atoms. The van der Waals surface area contributed by atoms with E-state index >= 15 is 0 Å². The second kappa shape index (κ2) is 7.11. The van der Waals surface area contributed by atoms with E-state index in [1.807, 2.05) is 0 Å². The number of amides is 1. The van der Waals surface area contributed by atoms with Crippen LogP contribution in [0.3, 0.4) is 0 Å². The quantitative estimate of drug-likeness (QED) is 0.855. The van der Waals surface area contributed by atoms with Gasteiger partial charge in [0.2, 0.25) is 15.9 Å². The summed E-state index contributed by atoms with van der Waals surface area (Å²) < 4.78 is 31.0. The molecule has 1 aromatic carbocycles. The van der Waals surface area contributed by atoms with E-state index < -0.39 is 10.0 Å². The van der Waals surface area contributed by atoms with Crippen molar-refractivity contribution in [2.45, 2.75) is 24.8 Å². The number of ether oxygens (including phenoxy) is 1. The molecule has 1 aromatic rings. The summed E-state index contributed by atoms with van der Waals surface area (Å²) in [5.74, 6) is -0.201. The smallest absolute Gasteiger partial charge is 0.247 e. The van der Waals surface area contributed by atoms with Crippen molar-refractivity contribution in [1.82, 2.24) is 9.62 Å². The lowest BCUT2D eigenvalue weighted by atomic mass is 10.3. The number of benzene rings is 1. The van der Waals surface area contributed by atoms with Crippen LogP contribution in [0.5, 0.6) is 5.75 Å². The number of carbonyl (C=O) groups is 1. The topological polar surface area (TPSA) is 75.7 Å². The van der Waals surface area contributed by atoms with Gasteiger partial charge in [0.05, 0.1) is 13.7 Å². The number of carbonyl (C=O) groups excluding carboxylic acids is 1. The largest absolute Gasteiger partial charge is 0.495 e. The van der Waals surface area contributed by atoms with Gasteiger partial charge in [0.1, 0.15) is 10.6 Å². The van der Waals surface area contributed by atoms with Crippen LogP contribution in [-0.4, -0.2) is 45.4 Å². The first-order valence-electron chi connectivity index (χ1n) is 6.27. The molecule has 0 saturated carbocycles. The molecule has 0 aliphatic carbocycles. The molecule has 0 saturated heterocycles. The molecule has 118 valence electrons. The maximum Gasteiger partial charge on any atom is 0.247 e. The van der Waals surface area contributed by atoms with E-state index in [1.54, 1.807) is 13.8 Å². The highest BCUT2D eigenvalue weighted by atomic mass is 35.5. The third-order valence-electron chi connectivity index (χ3n) is 2.63. The maximum absolute atomic E-state index is 12.5. The Morgan fingerprint density at radius 3 is 2.57 bits per heavy atom. The Bertz CT molecular complexity index is 617. The van der Waals surface area contributed by atoms with E-state index in [4.69, 9.17) is 16.3 Å². The van der Waals surface area contributed by atoms with Crippen molar-refractivity contribution < 1.29 is 17.9 Å². The summed E-state index contributed by atoms with van der Waals surface area (Å²) in [5.41, 5.74) is 0. The first kappa shape index (κ1) is 17.7. The zero-order valence-corrected chi connectivity index (χ0v) is 14.0. The molecule has 0 aromatic heterocycles. The third-order valence-corrected chi connectivity index (χ3v) is 4.69. The summed E-state index contributed by atoms with van der Waals surface area (Å²) >= 11 is 5.84. The van der Waals surface area contributed by atoms with Crippen molar-refractivity contribution in [3.63, 3.8) is 0 Å². The van der Waals surface area contributed by atoms with Crippen LogP contribution in [-0.2, 0) is 14.8 Å². The molecule has 0 aliphatic rings. The van der Waals surface area contributed by atoms with Gasteiger partial charge in [-0.25, -0.2) is 8.42 Å². The summed E-state index contributed by atoms with van der Waals surface area (Å²) in [6.07, 6.45) is 0. The zero-order chi connectivity index (χ0) is 16.2. The van der Waals surface area contributed by atoms with Crippen LogP contribution in [0.4, 0.5) is 0 Å². The van der Waals surface area contributed by atoms with Crippen LogP contribution in [0.15, 0.2) is 23.1 Å². The SMILES string of the molecule is COc1ccc(Cl)cc1S(=O)(=O)N(C)CC(=O)NC(C)C. The van der Waals surface area contributed by atoms with Crippen molar-refractivity contribution >= 4 is 27.5 Å². The number of sulfonamides is 1. The van der Waals surface area contributed by atoms with Gasteiger partial charge in [0.15, 0.2) is 0 Å². The first-order chi connectivity index (χ1) is 9.68. The molecule has 0 unspecified atom stereocenters. The molecule has 0 aliphatic heterocycles. The number of halogens is 1. The molecule has 0 atom stereocenters. The fraction of sp³-hybridized carbons (Fsp3) is 0.462. The molecule has 1 rings (SSSR count). The van der Waals surface area contributed by atoms with E-state index in [0.717, 1.165) is 4.31 Å². The molecule has 0 radical (unpaired) electrons. The Labute approximate surface area is 130 Å². The van der Waals surface area contributed by atoms with Gasteiger partial charge in [-0.15, -0.1) is 0 Å². The summed E-state index contributed by atoms with van der Waals surface area (Å²) in [6, 6.07) is 4.24. The Morgan fingerprint density at radius 2 is 2.05 bits per heavy atom. The van der Waals surface area contributed by atoms with Gasteiger partial charge in [-0.2, -0.15) is 4.31 Å². The minimum absolute atomic E-state index is 0.0608. The highest BCUT2D eigenvalue weighted by Gasteiger charge is 2.26. The summed E-state index contributed by atoms with van der Waals surface area (Å²) in [5, 5.41) is 2.91. The lowest BCUT2D eigenvalue weighted by Gasteiger charge is -2.19. The molecule has 6 nitrogen and oxygen atoms in total. The fourth-order valence-electron chi connectivity index (χ4n) is 1.67. The second-order valence-electron chi connectivity index (χ2n) is 4.78. The van der Waals surface area contributed by atoms with E-state index in [9.17, 15) is 13.2 Å². The van der Waals surface area contributed by atoms with Crippen molar-refractivity contribution in [1.29, 1.82) is 0 Å². The van der Waals surface area contributed by atoms with Crippen LogP contribution >= 0.6 is 11.6 Å². The van der Waals surface area contributed by atoms with Crippen molar-refractivity contribution in [2.24, 2.45) is 0 Å². The molecule has 1 amide bonds. The molecule has 0 heterocycles. The number of methoxy groups -OCH3 is 1. The molecule has 0 bridgehead atoms. The monoisotopic (exact) mass is 334 g/mol. The third kappa shape index (κ3) is 4.59. The van der Waals surface area contributed by atoms with Gasteiger partial charge in [-0.3, -0.25) is 4.79 Å². The van der Waals surface area contributed by atoms with Crippen molar-refractivity contribution in [3.05, 3.63) is 23.2 Å². The number of nitrogens with zero attached hydrogens (tertiary/aromatic N) is 1. The van der Waals surface area contributed by atoms with Crippen molar-refractivity contribution in [3.8, 4) is 5.75 Å². The van der Waals surface area contributed by atoms with E-state index in [0.29, 0.717) is 0 Å². The van der Waals surface area contributed by atoms with Gasteiger partial charge in [-0.1, -0.05) is 11.6 Å². The van der Waals surface area contributed by atoms with E-state index in [-0.39, 0.29) is 34.2 Å². The Kier molecular flexibility index (Phi) is 6.00. The predicted molar refractivity (Wildman–Crippen MR) is 81.1 cm³/mol. The standard InChI is InChI=1S/C13H19ClN2O4S/c1-9(2)15-13(17)8-16(3)21(18,19)12-7-10(14)5-6-11(12)20-4/h5-7,9H,8H2,1-4H3,(H,15,17). The second-order valence-corrected chi connectivity index (χ2v) is 7.23. The van der Waals surface area contributed by atoms with Crippen LogP contribution in [0.2, 0.25) is 5.02 Å². The number of rotatable bonds is 6. The molecule has 1 N–H and O–H groups in total. The Balaban J connectivity index is 3.05. The van der Waals surface area contributed by atoms with Gasteiger partial charge < -0.3 is 10.1 Å². The summed E-state index contributed by atoms with van der Waals surface area (Å²) in [7, 11) is -1.17. The van der Waals surface area contributed by atoms with Crippen LogP contribution < -0.4 is 10.1 Å². The average molecular weight is 335 g/mol. The lowest BCUT2D eigenvalue weighted by Crippen LogP contribution is -2.40. The van der Waals surface area contributed by atoms with E-state index in [1.165, 1.54) is 32.4 Å². The average Bonchev–Trinajstić information content (AvgIpc) is 2.37. The number of hydrogen-bond donors (Lipinski definition) is 1. The van der Waals surface area contributed by atoms with Crippen LogP contribution in [0, 0.1) is 0 Å². The highest BCUT2D eigenvalue weighted by molar-refractivity contribution is 7.89. The number of hydrogen-bond acceptors (Lipinski definition) is 4. The number of nitrogens with one attached hydrogen (secondary N) is 1. The van der Waals surface area contributed by atoms with Gasteiger partial charge in [0.25, 0.3) is 0 Å². The predicted octanol–water partition coefficient (Wildman–Crippen LogP) is 1.49. The molecule has 0 spiro atoms. The van der Waals surface area contributed by atoms with Crippen LogP contribution in [0.1, 0.15) is 13.8 Å². The van der Waals surface area contributed by atoms with Gasteiger partial charge in [-0.05, 0) is 32.0 Å². The fourth-order valence-corrected chi connectivity index (χ4v) is 3.22. The molecular formula is C13H19ClN2O4S. The summed E-state index contributed by atoms with van der Waals surface area (Å²) in [6.45, 7) is 3.31. The zero-order valence-electron chi connectivity index (χ0n) is 12.4. The first-order valence-corrected chi connectivity index (χ1v) is 8.09. The van der Waals surface area contributed by atoms with E-state index in [2.05, 4.69) is 5.32 Å².